The summed E-state index contributed by atoms with van der Waals surface area (Å²) < 4.78 is 0. The van der Waals surface area contributed by atoms with Crippen molar-refractivity contribution < 1.29 is 0 Å². The van der Waals surface area contributed by atoms with Crippen molar-refractivity contribution in [1.29, 1.82) is 0 Å². The molecule has 0 heterocycles. The van der Waals surface area contributed by atoms with Crippen LogP contribution in [-0.2, 0) is 10.8 Å². The van der Waals surface area contributed by atoms with Gasteiger partial charge in [0.05, 0.1) is 0 Å². The molecule has 414 valence electrons. The fraction of sp³-hybridized carbons (Fsp3) is 0.0682. The lowest BCUT2D eigenvalue weighted by Gasteiger charge is -2.24. The van der Waals surface area contributed by atoms with Crippen molar-refractivity contribution in [3.8, 4) is 111 Å². The summed E-state index contributed by atoms with van der Waals surface area (Å²) in [5.74, 6) is 0. The average molecular weight is 1120 g/mol. The molecule has 0 radical (unpaired) electrons. The molecule has 0 unspecified atom stereocenters. The SMILES string of the molecule is CC1(C)c2cc(-c3ccc4ccccc4c3)ccc2-c2ccc(-c3ccc4c(-c5ccccc5-c5ccccc5)c5cc(-c6ccc7c(c6)C(C)(C)c6cc(-c8ccc9ccccc9c8)ccc6-7)ccc5c(-c5ccccc5-c5ccccc5)c4c3)cc21. The van der Waals surface area contributed by atoms with Crippen LogP contribution in [-0.4, -0.2) is 0 Å². The molecule has 2 aliphatic carbocycles. The second-order valence-corrected chi connectivity index (χ2v) is 25.5. The Balaban J connectivity index is 0.854. The number of hydrogen-bond donors (Lipinski definition) is 0. The first-order chi connectivity index (χ1) is 43.1. The molecule has 17 rings (SSSR count). The van der Waals surface area contributed by atoms with E-state index in [4.69, 9.17) is 0 Å². The maximum atomic E-state index is 2.51. The second-order valence-electron chi connectivity index (χ2n) is 25.5. The Morgan fingerprint density at radius 3 is 0.807 bits per heavy atom. The van der Waals surface area contributed by atoms with E-state index in [2.05, 4.69) is 331 Å². The van der Waals surface area contributed by atoms with Gasteiger partial charge in [0.1, 0.15) is 0 Å². The zero-order valence-corrected chi connectivity index (χ0v) is 49.9. The van der Waals surface area contributed by atoms with Crippen molar-refractivity contribution in [1.82, 2.24) is 0 Å². The first kappa shape index (κ1) is 51.7. The fourth-order valence-corrected chi connectivity index (χ4v) is 15.2. The summed E-state index contributed by atoms with van der Waals surface area (Å²) >= 11 is 0. The predicted molar refractivity (Wildman–Crippen MR) is 375 cm³/mol. The normalized spacial score (nSPS) is 13.4. The van der Waals surface area contributed by atoms with E-state index < -0.39 is 0 Å². The molecule has 0 atom stereocenters. The Hall–Kier alpha value is -10.7. The van der Waals surface area contributed by atoms with Gasteiger partial charge in [-0.3, -0.25) is 0 Å². The highest BCUT2D eigenvalue weighted by molar-refractivity contribution is 6.24. The Morgan fingerprint density at radius 2 is 0.443 bits per heavy atom. The predicted octanol–water partition coefficient (Wildman–Crippen LogP) is 24.2. The van der Waals surface area contributed by atoms with Crippen molar-refractivity contribution in [2.75, 3.05) is 0 Å². The van der Waals surface area contributed by atoms with Gasteiger partial charge in [0.25, 0.3) is 0 Å². The van der Waals surface area contributed by atoms with Crippen LogP contribution >= 0.6 is 0 Å². The molecule has 0 saturated heterocycles. The summed E-state index contributed by atoms with van der Waals surface area (Å²) in [6.45, 7) is 9.64. The minimum Gasteiger partial charge on any atom is -0.0622 e. The molecule has 0 N–H and O–H groups in total. The van der Waals surface area contributed by atoms with E-state index in [1.807, 2.05) is 0 Å². The van der Waals surface area contributed by atoms with Crippen molar-refractivity contribution in [2.45, 2.75) is 38.5 Å². The third-order valence-electron chi connectivity index (χ3n) is 19.9. The molecule has 0 spiro atoms. The van der Waals surface area contributed by atoms with Crippen LogP contribution in [0.25, 0.3) is 154 Å². The van der Waals surface area contributed by atoms with Crippen LogP contribution in [0.3, 0.4) is 0 Å². The van der Waals surface area contributed by atoms with Crippen molar-refractivity contribution in [3.63, 3.8) is 0 Å². The molecule has 0 nitrogen and oxygen atoms in total. The largest absolute Gasteiger partial charge is 0.0622 e. The van der Waals surface area contributed by atoms with Gasteiger partial charge in [-0.05, 0) is 225 Å². The molecule has 0 aliphatic heterocycles. The number of hydrogen-bond acceptors (Lipinski definition) is 0. The van der Waals surface area contributed by atoms with E-state index in [-0.39, 0.29) is 10.8 Å². The number of benzene rings is 15. The fourth-order valence-electron chi connectivity index (χ4n) is 15.2. The van der Waals surface area contributed by atoms with Gasteiger partial charge >= 0.3 is 0 Å². The molecule has 2 aliphatic rings. The minimum absolute atomic E-state index is 0.215. The van der Waals surface area contributed by atoms with Crippen LogP contribution < -0.4 is 0 Å². The molecule has 15 aromatic rings. The van der Waals surface area contributed by atoms with Crippen LogP contribution in [0.1, 0.15) is 49.9 Å². The van der Waals surface area contributed by atoms with Crippen LogP contribution in [0.4, 0.5) is 0 Å². The molecular formula is C88H62. The van der Waals surface area contributed by atoms with E-state index in [9.17, 15) is 0 Å². The topological polar surface area (TPSA) is 0 Å². The molecule has 0 saturated carbocycles. The quantitative estimate of drug-likeness (QED) is 0.133. The minimum atomic E-state index is -0.215. The summed E-state index contributed by atoms with van der Waals surface area (Å²) in [4.78, 5) is 0. The Bertz CT molecular complexity index is 5030. The van der Waals surface area contributed by atoms with E-state index in [1.165, 1.54) is 177 Å². The van der Waals surface area contributed by atoms with Crippen LogP contribution in [0, 0.1) is 0 Å². The lowest BCUT2D eigenvalue weighted by atomic mass is 9.79. The van der Waals surface area contributed by atoms with Crippen molar-refractivity contribution >= 4 is 43.1 Å². The summed E-state index contributed by atoms with van der Waals surface area (Å²) in [6, 6.07) is 114. The highest BCUT2D eigenvalue weighted by Crippen LogP contribution is 2.55. The third kappa shape index (κ3) is 8.20. The van der Waals surface area contributed by atoms with E-state index in [0.29, 0.717) is 0 Å². The van der Waals surface area contributed by atoms with Crippen LogP contribution in [0.5, 0.6) is 0 Å². The van der Waals surface area contributed by atoms with Gasteiger partial charge < -0.3 is 0 Å². The smallest absolute Gasteiger partial charge is 0.0159 e. The molecule has 0 fully saturated rings. The van der Waals surface area contributed by atoms with Gasteiger partial charge in [0.15, 0.2) is 0 Å². The van der Waals surface area contributed by atoms with Gasteiger partial charge in [0.2, 0.25) is 0 Å². The van der Waals surface area contributed by atoms with Gasteiger partial charge in [-0.25, -0.2) is 0 Å². The van der Waals surface area contributed by atoms with Crippen LogP contribution in [0.15, 0.2) is 303 Å². The molecule has 15 aromatic carbocycles. The standard InChI is InChI=1S/C88H62/c1-87(2)81-51-65(61-33-31-55-19-11-13-25-59(55)47-61)35-41-71(81)73-43-37-67(53-83(73)87)63-39-45-77-79(49-63)85(75-29-17-15-27-69(75)57-21-7-5-8-22-57)78-46-40-64(50-80(78)86(77)76-30-18-16-28-70(76)58-23-9-6-10-24-58)68-38-44-74-72-42-36-66(52-82(72)88(3,4)84(74)54-68)62-34-32-56-20-12-14-26-60(56)48-62/h5-54H,1-4H3. The molecule has 0 heteroatoms. The average Bonchev–Trinajstić information content (AvgIpc) is 1.48. The van der Waals surface area contributed by atoms with Crippen molar-refractivity contribution in [2.24, 2.45) is 0 Å². The Labute approximate surface area is 515 Å². The highest BCUT2D eigenvalue weighted by atomic mass is 14.4. The Morgan fingerprint density at radius 1 is 0.170 bits per heavy atom. The van der Waals surface area contributed by atoms with Crippen LogP contribution in [0.2, 0.25) is 0 Å². The third-order valence-corrected chi connectivity index (χ3v) is 19.9. The monoisotopic (exact) mass is 1120 g/mol. The lowest BCUT2D eigenvalue weighted by molar-refractivity contribution is 0.660. The van der Waals surface area contributed by atoms with Gasteiger partial charge in [0, 0.05) is 10.8 Å². The van der Waals surface area contributed by atoms with E-state index in [0.717, 1.165) is 0 Å². The molecule has 0 bridgehead atoms. The summed E-state index contributed by atoms with van der Waals surface area (Å²) in [5, 5.41) is 9.94. The van der Waals surface area contributed by atoms with E-state index in [1.54, 1.807) is 0 Å². The van der Waals surface area contributed by atoms with Gasteiger partial charge in [-0.15, -0.1) is 0 Å². The zero-order chi connectivity index (χ0) is 58.8. The Kier molecular flexibility index (Phi) is 11.7. The summed E-state index contributed by atoms with van der Waals surface area (Å²) in [6.07, 6.45) is 0. The zero-order valence-electron chi connectivity index (χ0n) is 49.9. The van der Waals surface area contributed by atoms with E-state index >= 15 is 0 Å². The first-order valence-electron chi connectivity index (χ1n) is 31.0. The van der Waals surface area contributed by atoms with Gasteiger partial charge in [-0.2, -0.15) is 0 Å². The first-order valence-corrected chi connectivity index (χ1v) is 31.0. The molecule has 0 amide bonds. The van der Waals surface area contributed by atoms with Gasteiger partial charge in [-0.1, -0.05) is 282 Å². The highest BCUT2D eigenvalue weighted by Gasteiger charge is 2.38. The summed E-state index contributed by atoms with van der Waals surface area (Å²) in [5.41, 5.74) is 29.8. The number of fused-ring (bicyclic) bond motifs is 10. The molecular weight excluding hydrogens is 1060 g/mol. The van der Waals surface area contributed by atoms with Crippen molar-refractivity contribution in [3.05, 3.63) is 326 Å². The number of rotatable bonds is 8. The second kappa shape index (κ2) is 20.0. The summed E-state index contributed by atoms with van der Waals surface area (Å²) in [7, 11) is 0. The molecule has 88 heavy (non-hydrogen) atoms. The maximum absolute atomic E-state index is 2.51. The molecule has 0 aromatic heterocycles. The lowest BCUT2D eigenvalue weighted by Crippen LogP contribution is -2.15. The maximum Gasteiger partial charge on any atom is 0.0159 e.